The molecule has 0 aromatic heterocycles. The number of benzene rings is 1. The maximum Gasteiger partial charge on any atom is 1.00 e. The van der Waals surface area contributed by atoms with Crippen molar-refractivity contribution in [1.82, 2.24) is 0 Å². The second-order valence-electron chi connectivity index (χ2n) is 3.05. The van der Waals surface area contributed by atoms with Crippen molar-refractivity contribution in [3.8, 4) is 11.5 Å². The molecule has 0 aliphatic rings. The minimum atomic E-state index is -4.90. The SMILES string of the molecule is COc1ccc(C(O)S(=O)(=O)[O-])c(Cl)c1OC.[Na+]. The molecule has 96 valence electrons. The first-order valence-electron chi connectivity index (χ1n) is 4.36. The van der Waals surface area contributed by atoms with Crippen LogP contribution in [0.1, 0.15) is 11.0 Å². The number of rotatable bonds is 4. The minimum absolute atomic E-state index is 0. The summed E-state index contributed by atoms with van der Waals surface area (Å²) in [5, 5.41) is 9.16. The van der Waals surface area contributed by atoms with Gasteiger partial charge in [0.2, 0.25) is 0 Å². The Kier molecular flexibility index (Phi) is 6.94. The van der Waals surface area contributed by atoms with Crippen molar-refractivity contribution in [2.75, 3.05) is 14.2 Å². The Labute approximate surface area is 132 Å². The van der Waals surface area contributed by atoms with Gasteiger partial charge in [-0.2, -0.15) is 0 Å². The maximum absolute atomic E-state index is 10.7. The largest absolute Gasteiger partial charge is 1.00 e. The topological polar surface area (TPSA) is 95.9 Å². The van der Waals surface area contributed by atoms with E-state index in [4.69, 9.17) is 21.1 Å². The van der Waals surface area contributed by atoms with Gasteiger partial charge in [-0.25, -0.2) is 8.42 Å². The number of hydrogen-bond donors (Lipinski definition) is 1. The molecule has 1 aromatic rings. The van der Waals surface area contributed by atoms with Crippen molar-refractivity contribution in [3.63, 3.8) is 0 Å². The molecule has 1 N–H and O–H groups in total. The number of hydrogen-bond acceptors (Lipinski definition) is 6. The van der Waals surface area contributed by atoms with Gasteiger partial charge in [0.15, 0.2) is 16.9 Å². The average molecular weight is 305 g/mol. The van der Waals surface area contributed by atoms with E-state index in [2.05, 4.69) is 0 Å². The van der Waals surface area contributed by atoms with E-state index >= 15 is 0 Å². The van der Waals surface area contributed by atoms with E-state index in [0.29, 0.717) is 0 Å². The third kappa shape index (κ3) is 3.74. The normalized spacial score (nSPS) is 12.5. The summed E-state index contributed by atoms with van der Waals surface area (Å²) in [6.07, 6.45) is 0. The number of ether oxygens (including phenoxy) is 2. The van der Waals surface area contributed by atoms with Crippen LogP contribution in [0.25, 0.3) is 0 Å². The zero-order valence-electron chi connectivity index (χ0n) is 10.0. The first-order chi connectivity index (χ1) is 7.82. The van der Waals surface area contributed by atoms with E-state index in [1.807, 2.05) is 0 Å². The van der Waals surface area contributed by atoms with E-state index < -0.39 is 15.6 Å². The quantitative estimate of drug-likeness (QED) is 0.505. The maximum atomic E-state index is 10.7. The zero-order chi connectivity index (χ0) is 13.2. The fourth-order valence-corrected chi connectivity index (χ4v) is 2.16. The number of halogens is 1. The molecule has 0 bridgehead atoms. The number of aliphatic hydroxyl groups excluding tert-OH is 1. The van der Waals surface area contributed by atoms with Crippen molar-refractivity contribution in [2.45, 2.75) is 5.44 Å². The van der Waals surface area contributed by atoms with Gasteiger partial charge in [-0.1, -0.05) is 11.6 Å². The molecule has 1 unspecified atom stereocenters. The predicted octanol–water partition coefficient (Wildman–Crippen LogP) is -2.10. The second-order valence-corrected chi connectivity index (χ2v) is 4.86. The molecular weight excluding hydrogens is 295 g/mol. The first kappa shape index (κ1) is 18.0. The smallest absolute Gasteiger partial charge is 0.746 e. The Balaban J connectivity index is 0.00000289. The summed E-state index contributed by atoms with van der Waals surface area (Å²) >= 11 is 5.83. The Hall–Kier alpha value is -0.0200. The molecule has 6 nitrogen and oxygen atoms in total. The molecule has 1 aromatic carbocycles. The molecule has 0 amide bonds. The fraction of sp³-hybridized carbons (Fsp3) is 0.333. The summed E-state index contributed by atoms with van der Waals surface area (Å²) in [4.78, 5) is 0. The van der Waals surface area contributed by atoms with Crippen molar-refractivity contribution >= 4 is 21.7 Å². The Morgan fingerprint density at radius 3 is 2.28 bits per heavy atom. The van der Waals surface area contributed by atoms with Crippen LogP contribution < -0.4 is 39.0 Å². The molecule has 0 spiro atoms. The van der Waals surface area contributed by atoms with Crippen LogP contribution in [0.3, 0.4) is 0 Å². The van der Waals surface area contributed by atoms with E-state index in [0.717, 1.165) is 0 Å². The van der Waals surface area contributed by atoms with E-state index in [9.17, 15) is 18.1 Å². The Morgan fingerprint density at radius 1 is 1.33 bits per heavy atom. The predicted molar refractivity (Wildman–Crippen MR) is 59.2 cm³/mol. The van der Waals surface area contributed by atoms with Gasteiger partial charge >= 0.3 is 29.6 Å². The summed E-state index contributed by atoms with van der Waals surface area (Å²) in [5.74, 6) is 0.311. The summed E-state index contributed by atoms with van der Waals surface area (Å²) in [5.41, 5.74) is -2.49. The van der Waals surface area contributed by atoms with Crippen LogP contribution in [0, 0.1) is 0 Å². The summed E-state index contributed by atoms with van der Waals surface area (Å²) in [7, 11) is -2.23. The summed E-state index contributed by atoms with van der Waals surface area (Å²) in [6.45, 7) is 0. The van der Waals surface area contributed by atoms with Crippen molar-refractivity contribution in [3.05, 3.63) is 22.7 Å². The van der Waals surface area contributed by atoms with E-state index in [1.54, 1.807) is 0 Å². The third-order valence-corrected chi connectivity index (χ3v) is 3.25. The van der Waals surface area contributed by atoms with Crippen LogP contribution in [-0.4, -0.2) is 32.3 Å². The molecule has 1 atom stereocenters. The molecule has 0 aliphatic heterocycles. The molecule has 0 saturated carbocycles. The van der Waals surface area contributed by atoms with Crippen LogP contribution in [0.4, 0.5) is 0 Å². The van der Waals surface area contributed by atoms with E-state index in [1.165, 1.54) is 26.4 Å². The molecule has 9 heteroatoms. The number of methoxy groups -OCH3 is 2. The van der Waals surface area contributed by atoms with Crippen molar-refractivity contribution in [2.24, 2.45) is 0 Å². The Morgan fingerprint density at radius 2 is 1.89 bits per heavy atom. The van der Waals surface area contributed by atoms with Crippen LogP contribution in [0.5, 0.6) is 11.5 Å². The monoisotopic (exact) mass is 304 g/mol. The molecule has 0 fully saturated rings. The standard InChI is InChI=1S/C9H11ClO6S.Na/c1-15-6-4-3-5(7(10)8(6)16-2)9(11)17(12,13)14;/h3-4,9,11H,1-2H3,(H,12,13,14);/q;+1/p-1. The molecular formula is C9H10ClNaO6S. The van der Waals surface area contributed by atoms with Crippen LogP contribution >= 0.6 is 11.6 Å². The minimum Gasteiger partial charge on any atom is -0.746 e. The second kappa shape index (κ2) is 6.95. The summed E-state index contributed by atoms with van der Waals surface area (Å²) in [6, 6.07) is 2.53. The fourth-order valence-electron chi connectivity index (χ4n) is 1.25. The molecule has 18 heavy (non-hydrogen) atoms. The van der Waals surface area contributed by atoms with Gasteiger partial charge < -0.3 is 19.1 Å². The van der Waals surface area contributed by atoms with Gasteiger partial charge in [0.25, 0.3) is 0 Å². The Bertz CT molecular complexity index is 518. The molecule has 0 heterocycles. The molecule has 0 saturated heterocycles. The van der Waals surface area contributed by atoms with Crippen LogP contribution in [0.15, 0.2) is 12.1 Å². The van der Waals surface area contributed by atoms with Gasteiger partial charge in [-0.05, 0) is 12.1 Å². The molecule has 0 radical (unpaired) electrons. The number of aliphatic hydroxyl groups is 1. The van der Waals surface area contributed by atoms with Gasteiger partial charge in [-0.15, -0.1) is 0 Å². The first-order valence-corrected chi connectivity index (χ1v) is 6.21. The van der Waals surface area contributed by atoms with E-state index in [-0.39, 0.29) is 51.6 Å². The van der Waals surface area contributed by atoms with Crippen LogP contribution in [-0.2, 0) is 10.1 Å². The van der Waals surface area contributed by atoms with Gasteiger partial charge in [0, 0.05) is 5.56 Å². The van der Waals surface area contributed by atoms with Crippen LogP contribution in [0.2, 0.25) is 5.02 Å². The molecule has 1 rings (SSSR count). The van der Waals surface area contributed by atoms with Gasteiger partial charge in [0.05, 0.1) is 19.2 Å². The third-order valence-electron chi connectivity index (χ3n) is 2.05. The van der Waals surface area contributed by atoms with Gasteiger partial charge in [-0.3, -0.25) is 0 Å². The van der Waals surface area contributed by atoms with Crippen molar-refractivity contribution in [1.29, 1.82) is 0 Å². The van der Waals surface area contributed by atoms with Gasteiger partial charge in [0.1, 0.15) is 10.1 Å². The summed E-state index contributed by atoms with van der Waals surface area (Å²) < 4.78 is 41.9. The van der Waals surface area contributed by atoms with Crippen molar-refractivity contribution < 1.29 is 57.1 Å². The molecule has 0 aliphatic carbocycles. The average Bonchev–Trinajstić information content (AvgIpc) is 2.26. The zero-order valence-corrected chi connectivity index (χ0v) is 13.6.